The number of nitrogens with one attached hydrogen (secondary N) is 3. The fourth-order valence-electron chi connectivity index (χ4n) is 3.17. The Morgan fingerprint density at radius 3 is 2.83 bits per heavy atom. The van der Waals surface area contributed by atoms with E-state index in [9.17, 15) is 4.79 Å². The SMILES string of the molecule is Cc1[nH]ncc1-c1cc2nc([C@@H]3C[C@H](C)[C@H](C)N3)[nH]c(=O)c2s1. The molecule has 1 aliphatic rings. The maximum Gasteiger partial charge on any atom is 0.268 e. The molecule has 4 heterocycles. The largest absolute Gasteiger partial charge is 0.308 e. The molecule has 3 N–H and O–H groups in total. The molecule has 0 saturated carbocycles. The normalized spacial score (nSPS) is 24.6. The van der Waals surface area contributed by atoms with E-state index in [4.69, 9.17) is 4.98 Å². The lowest BCUT2D eigenvalue weighted by molar-refractivity contribution is 0.516. The van der Waals surface area contributed by atoms with Crippen molar-refractivity contribution in [3.05, 3.63) is 34.1 Å². The van der Waals surface area contributed by atoms with E-state index in [1.807, 2.05) is 13.0 Å². The molecule has 3 aromatic heterocycles. The zero-order chi connectivity index (χ0) is 16.1. The zero-order valence-corrected chi connectivity index (χ0v) is 14.1. The summed E-state index contributed by atoms with van der Waals surface area (Å²) in [6.07, 6.45) is 2.78. The Morgan fingerprint density at radius 1 is 1.35 bits per heavy atom. The van der Waals surface area contributed by atoms with E-state index >= 15 is 0 Å². The highest BCUT2D eigenvalue weighted by atomic mass is 32.1. The standard InChI is InChI=1S/C16H19N5OS/c1-7-4-12(18-8(7)2)15-19-11-5-13(10-6-17-21-9(10)3)23-14(11)16(22)20-15/h5-8,12,18H,4H2,1-3H3,(H,17,21)(H,19,20,22)/t7-,8-,12-/m0/s1. The van der Waals surface area contributed by atoms with Crippen molar-refractivity contribution < 1.29 is 0 Å². The van der Waals surface area contributed by atoms with Crippen LogP contribution < -0.4 is 10.9 Å². The number of H-pyrrole nitrogens is 2. The second-order valence-electron chi connectivity index (χ2n) is 6.41. The summed E-state index contributed by atoms with van der Waals surface area (Å²) in [7, 11) is 0. The van der Waals surface area contributed by atoms with E-state index in [2.05, 4.69) is 34.3 Å². The first-order valence-electron chi connectivity index (χ1n) is 7.83. The van der Waals surface area contributed by atoms with Gasteiger partial charge in [-0.1, -0.05) is 6.92 Å². The second-order valence-corrected chi connectivity index (χ2v) is 7.46. The molecule has 0 unspecified atom stereocenters. The van der Waals surface area contributed by atoms with Gasteiger partial charge in [-0.15, -0.1) is 11.3 Å². The molecule has 6 nitrogen and oxygen atoms in total. The van der Waals surface area contributed by atoms with E-state index < -0.39 is 0 Å². The molecule has 4 rings (SSSR count). The quantitative estimate of drug-likeness (QED) is 0.675. The average Bonchev–Trinajstić information content (AvgIpc) is 3.18. The Hall–Kier alpha value is -1.99. The molecule has 23 heavy (non-hydrogen) atoms. The van der Waals surface area contributed by atoms with Crippen LogP contribution in [-0.4, -0.2) is 26.2 Å². The van der Waals surface area contributed by atoms with Crippen molar-refractivity contribution in [1.29, 1.82) is 0 Å². The summed E-state index contributed by atoms with van der Waals surface area (Å²) in [5.74, 6) is 1.32. The smallest absolute Gasteiger partial charge is 0.268 e. The number of fused-ring (bicyclic) bond motifs is 1. The van der Waals surface area contributed by atoms with Gasteiger partial charge < -0.3 is 10.3 Å². The average molecular weight is 329 g/mol. The molecule has 0 amide bonds. The van der Waals surface area contributed by atoms with Gasteiger partial charge in [0, 0.05) is 22.2 Å². The molecule has 1 aliphatic heterocycles. The summed E-state index contributed by atoms with van der Waals surface area (Å²) >= 11 is 1.46. The van der Waals surface area contributed by atoms with Crippen LogP contribution in [0.15, 0.2) is 17.1 Å². The van der Waals surface area contributed by atoms with Gasteiger partial charge in [0.2, 0.25) is 0 Å². The first-order chi connectivity index (χ1) is 11.0. The van der Waals surface area contributed by atoms with Crippen molar-refractivity contribution in [3.63, 3.8) is 0 Å². The predicted molar refractivity (Wildman–Crippen MR) is 91.7 cm³/mol. The summed E-state index contributed by atoms with van der Waals surface area (Å²) in [6.45, 7) is 6.37. The molecule has 0 spiro atoms. The molecule has 0 bridgehead atoms. The third kappa shape index (κ3) is 2.40. The van der Waals surface area contributed by atoms with Crippen molar-refractivity contribution in [2.75, 3.05) is 0 Å². The highest BCUT2D eigenvalue weighted by Crippen LogP contribution is 2.33. The van der Waals surface area contributed by atoms with Gasteiger partial charge in [-0.2, -0.15) is 5.10 Å². The highest BCUT2D eigenvalue weighted by molar-refractivity contribution is 7.22. The number of nitrogens with zero attached hydrogens (tertiary/aromatic N) is 2. The van der Waals surface area contributed by atoms with Gasteiger partial charge in [-0.3, -0.25) is 9.89 Å². The fourth-order valence-corrected chi connectivity index (χ4v) is 4.23. The minimum absolute atomic E-state index is 0.0589. The minimum Gasteiger partial charge on any atom is -0.308 e. The summed E-state index contributed by atoms with van der Waals surface area (Å²) in [6, 6.07) is 2.54. The molecule has 0 aliphatic carbocycles. The summed E-state index contributed by atoms with van der Waals surface area (Å²) in [5.41, 5.74) is 2.72. The van der Waals surface area contributed by atoms with Gasteiger partial charge in [0.25, 0.3) is 5.56 Å². The van der Waals surface area contributed by atoms with Crippen LogP contribution in [0.2, 0.25) is 0 Å². The third-order valence-electron chi connectivity index (χ3n) is 4.75. The lowest BCUT2D eigenvalue weighted by Crippen LogP contribution is -2.26. The summed E-state index contributed by atoms with van der Waals surface area (Å²) in [5, 5.41) is 10.5. The van der Waals surface area contributed by atoms with Crippen molar-refractivity contribution in [2.24, 2.45) is 5.92 Å². The molecule has 3 aromatic rings. The number of aryl methyl sites for hydroxylation is 1. The zero-order valence-electron chi connectivity index (χ0n) is 13.3. The lowest BCUT2D eigenvalue weighted by Gasteiger charge is -2.10. The second kappa shape index (κ2) is 5.28. The van der Waals surface area contributed by atoms with Crippen molar-refractivity contribution >= 4 is 21.6 Å². The third-order valence-corrected chi connectivity index (χ3v) is 5.91. The molecule has 7 heteroatoms. The van der Waals surface area contributed by atoms with E-state index in [1.165, 1.54) is 11.3 Å². The molecule has 120 valence electrons. The van der Waals surface area contributed by atoms with Gasteiger partial charge >= 0.3 is 0 Å². The van der Waals surface area contributed by atoms with Crippen LogP contribution in [0.3, 0.4) is 0 Å². The van der Waals surface area contributed by atoms with E-state index in [0.717, 1.165) is 33.9 Å². The minimum atomic E-state index is -0.0589. The lowest BCUT2D eigenvalue weighted by atomic mass is 10.0. The molecule has 1 fully saturated rings. The van der Waals surface area contributed by atoms with Crippen LogP contribution in [0.1, 0.15) is 37.8 Å². The van der Waals surface area contributed by atoms with E-state index in [1.54, 1.807) is 6.20 Å². The number of aromatic nitrogens is 4. The van der Waals surface area contributed by atoms with Crippen LogP contribution in [0.4, 0.5) is 0 Å². The number of hydrogen-bond acceptors (Lipinski definition) is 5. The van der Waals surface area contributed by atoms with Crippen molar-refractivity contribution in [2.45, 2.75) is 39.3 Å². The molecule has 0 aromatic carbocycles. The van der Waals surface area contributed by atoms with Gasteiger partial charge in [0.05, 0.1) is 17.8 Å². The van der Waals surface area contributed by atoms with Crippen molar-refractivity contribution in [1.82, 2.24) is 25.5 Å². The fraction of sp³-hybridized carbons (Fsp3) is 0.438. The highest BCUT2D eigenvalue weighted by Gasteiger charge is 2.30. The summed E-state index contributed by atoms with van der Waals surface area (Å²) < 4.78 is 0.670. The molecular weight excluding hydrogens is 310 g/mol. The van der Waals surface area contributed by atoms with Crippen LogP contribution in [-0.2, 0) is 0 Å². The monoisotopic (exact) mass is 329 g/mol. The number of thiophene rings is 1. The van der Waals surface area contributed by atoms with Gasteiger partial charge in [0.15, 0.2) is 0 Å². The number of aromatic amines is 2. The van der Waals surface area contributed by atoms with Crippen LogP contribution >= 0.6 is 11.3 Å². The van der Waals surface area contributed by atoms with Gasteiger partial charge in [0.1, 0.15) is 10.5 Å². The maximum atomic E-state index is 12.5. The number of hydrogen-bond donors (Lipinski definition) is 3. The van der Waals surface area contributed by atoms with Crippen LogP contribution in [0, 0.1) is 12.8 Å². The molecule has 1 saturated heterocycles. The maximum absolute atomic E-state index is 12.5. The Kier molecular flexibility index (Phi) is 3.35. The Labute approximate surface area is 137 Å². The topological polar surface area (TPSA) is 86.5 Å². The number of rotatable bonds is 2. The Morgan fingerprint density at radius 2 is 2.17 bits per heavy atom. The van der Waals surface area contributed by atoms with E-state index in [0.29, 0.717) is 16.7 Å². The Balaban J connectivity index is 1.79. The molecule has 0 radical (unpaired) electrons. The van der Waals surface area contributed by atoms with E-state index in [-0.39, 0.29) is 11.6 Å². The molecular formula is C16H19N5OS. The summed E-state index contributed by atoms with van der Waals surface area (Å²) in [4.78, 5) is 21.1. The van der Waals surface area contributed by atoms with Crippen LogP contribution in [0.5, 0.6) is 0 Å². The predicted octanol–water partition coefficient (Wildman–Crippen LogP) is 2.74. The van der Waals surface area contributed by atoms with Crippen molar-refractivity contribution in [3.8, 4) is 10.4 Å². The molecule has 3 atom stereocenters. The van der Waals surface area contributed by atoms with Crippen LogP contribution in [0.25, 0.3) is 20.7 Å². The van der Waals surface area contributed by atoms with Gasteiger partial charge in [-0.05, 0) is 32.3 Å². The first-order valence-corrected chi connectivity index (χ1v) is 8.64. The van der Waals surface area contributed by atoms with Gasteiger partial charge in [-0.25, -0.2) is 4.98 Å². The Bertz CT molecular complexity index is 914. The first kappa shape index (κ1) is 14.6.